The van der Waals surface area contributed by atoms with Gasteiger partial charge in [0.2, 0.25) is 5.91 Å². The summed E-state index contributed by atoms with van der Waals surface area (Å²) in [7, 11) is -3.96. The van der Waals surface area contributed by atoms with Gasteiger partial charge in [-0.25, -0.2) is 8.42 Å². The molecule has 4 rings (SSSR count). The summed E-state index contributed by atoms with van der Waals surface area (Å²) in [6.07, 6.45) is 0. The number of fused-ring (bicyclic) bond motifs is 1. The first-order valence-electron chi connectivity index (χ1n) is 11.1. The van der Waals surface area contributed by atoms with Crippen molar-refractivity contribution in [1.82, 2.24) is 5.32 Å². The standard InChI is InChI=1S/C26H28N2O5S/c1-18-8-11-22(12-9-18)34(30,31)28(23-7-5-4-6-19(23)2)17-26(29)27-20(3)21-10-13-24-25(16-21)33-15-14-32-24/h4-13,16,20H,14-15,17H2,1-3H3,(H,27,29)/t20-/m1/s1. The van der Waals surface area contributed by atoms with Gasteiger partial charge in [-0.2, -0.15) is 0 Å². The monoisotopic (exact) mass is 480 g/mol. The van der Waals surface area contributed by atoms with E-state index in [9.17, 15) is 13.2 Å². The topological polar surface area (TPSA) is 84.9 Å². The minimum absolute atomic E-state index is 0.133. The van der Waals surface area contributed by atoms with Crippen molar-refractivity contribution in [3.8, 4) is 11.5 Å². The molecular weight excluding hydrogens is 452 g/mol. The number of nitrogens with zero attached hydrogens (tertiary/aromatic N) is 1. The van der Waals surface area contributed by atoms with Crippen molar-refractivity contribution >= 4 is 21.6 Å². The van der Waals surface area contributed by atoms with Crippen LogP contribution in [0.15, 0.2) is 71.6 Å². The highest BCUT2D eigenvalue weighted by Gasteiger charge is 2.28. The molecule has 3 aromatic rings. The van der Waals surface area contributed by atoms with Gasteiger partial charge in [0.15, 0.2) is 11.5 Å². The highest BCUT2D eigenvalue weighted by molar-refractivity contribution is 7.92. The van der Waals surface area contributed by atoms with E-state index in [0.717, 1.165) is 16.7 Å². The average Bonchev–Trinajstić information content (AvgIpc) is 2.83. The molecule has 34 heavy (non-hydrogen) atoms. The number of ether oxygens (including phenoxy) is 2. The number of hydrogen-bond donors (Lipinski definition) is 1. The van der Waals surface area contributed by atoms with E-state index in [2.05, 4.69) is 5.32 Å². The van der Waals surface area contributed by atoms with Crippen molar-refractivity contribution in [2.75, 3.05) is 24.1 Å². The second kappa shape index (κ2) is 9.77. The van der Waals surface area contributed by atoms with Gasteiger partial charge in [0, 0.05) is 0 Å². The predicted molar refractivity (Wildman–Crippen MR) is 131 cm³/mol. The molecule has 0 saturated carbocycles. The molecule has 0 saturated heterocycles. The van der Waals surface area contributed by atoms with E-state index >= 15 is 0 Å². The van der Waals surface area contributed by atoms with Crippen LogP contribution in [0.1, 0.15) is 29.7 Å². The number of aryl methyl sites for hydroxylation is 2. The molecule has 0 radical (unpaired) electrons. The van der Waals surface area contributed by atoms with Gasteiger partial charge in [0.1, 0.15) is 19.8 Å². The van der Waals surface area contributed by atoms with Gasteiger partial charge in [0.05, 0.1) is 16.6 Å². The summed E-state index contributed by atoms with van der Waals surface area (Å²) in [5.41, 5.74) is 3.00. The fourth-order valence-corrected chi connectivity index (χ4v) is 5.30. The van der Waals surface area contributed by atoms with Crippen molar-refractivity contribution in [1.29, 1.82) is 0 Å². The van der Waals surface area contributed by atoms with Crippen LogP contribution in [0, 0.1) is 13.8 Å². The SMILES string of the molecule is Cc1ccc(S(=O)(=O)N(CC(=O)N[C@H](C)c2ccc3c(c2)OCCO3)c2ccccc2C)cc1. The molecule has 0 fully saturated rings. The quantitative estimate of drug-likeness (QED) is 0.549. The summed E-state index contributed by atoms with van der Waals surface area (Å²) in [5.74, 6) is 0.887. The van der Waals surface area contributed by atoms with Crippen LogP contribution in [-0.4, -0.2) is 34.1 Å². The second-order valence-electron chi connectivity index (χ2n) is 8.30. The number of benzene rings is 3. The van der Waals surface area contributed by atoms with Crippen LogP contribution in [0.5, 0.6) is 11.5 Å². The zero-order valence-electron chi connectivity index (χ0n) is 19.4. The Balaban J connectivity index is 1.58. The lowest BCUT2D eigenvalue weighted by molar-refractivity contribution is -0.120. The van der Waals surface area contributed by atoms with Gasteiger partial charge >= 0.3 is 0 Å². The van der Waals surface area contributed by atoms with E-state index in [0.29, 0.717) is 30.4 Å². The lowest BCUT2D eigenvalue weighted by atomic mass is 10.1. The smallest absolute Gasteiger partial charge is 0.264 e. The maximum atomic E-state index is 13.6. The molecule has 0 aliphatic carbocycles. The Morgan fingerprint density at radius 2 is 1.65 bits per heavy atom. The molecule has 1 amide bonds. The molecule has 1 aliphatic heterocycles. The minimum Gasteiger partial charge on any atom is -0.486 e. The summed E-state index contributed by atoms with van der Waals surface area (Å²) in [6, 6.07) is 18.9. The fourth-order valence-electron chi connectivity index (χ4n) is 3.81. The molecule has 178 valence electrons. The molecule has 1 atom stereocenters. The summed E-state index contributed by atoms with van der Waals surface area (Å²) in [5, 5.41) is 2.91. The normalized spacial score (nSPS) is 13.7. The highest BCUT2D eigenvalue weighted by Crippen LogP contribution is 2.33. The molecule has 1 aliphatic rings. The lowest BCUT2D eigenvalue weighted by Gasteiger charge is -2.26. The number of rotatable bonds is 7. The molecule has 7 nitrogen and oxygen atoms in total. The second-order valence-corrected chi connectivity index (χ2v) is 10.2. The Hall–Kier alpha value is -3.52. The molecule has 0 bridgehead atoms. The van der Waals surface area contributed by atoms with E-state index < -0.39 is 15.9 Å². The summed E-state index contributed by atoms with van der Waals surface area (Å²) < 4.78 is 39.5. The van der Waals surface area contributed by atoms with E-state index in [-0.39, 0.29) is 17.5 Å². The zero-order valence-corrected chi connectivity index (χ0v) is 20.3. The van der Waals surface area contributed by atoms with E-state index in [1.807, 2.05) is 51.1 Å². The largest absolute Gasteiger partial charge is 0.486 e. The Kier molecular flexibility index (Phi) is 6.79. The van der Waals surface area contributed by atoms with Crippen LogP contribution in [0.4, 0.5) is 5.69 Å². The zero-order chi connectivity index (χ0) is 24.3. The average molecular weight is 481 g/mol. The summed E-state index contributed by atoms with van der Waals surface area (Å²) >= 11 is 0. The molecule has 0 spiro atoms. The predicted octanol–water partition coefficient (Wildman–Crippen LogP) is 4.15. The van der Waals surface area contributed by atoms with Crippen LogP contribution in [-0.2, 0) is 14.8 Å². The summed E-state index contributed by atoms with van der Waals surface area (Å²) in [6.45, 7) is 6.18. The third kappa shape index (κ3) is 5.02. The van der Waals surface area contributed by atoms with Crippen molar-refractivity contribution in [3.63, 3.8) is 0 Å². The number of anilines is 1. The molecule has 3 aromatic carbocycles. The Labute approximate surface area is 200 Å². The maximum absolute atomic E-state index is 13.6. The number of hydrogen-bond acceptors (Lipinski definition) is 5. The fraction of sp³-hybridized carbons (Fsp3) is 0.269. The third-order valence-electron chi connectivity index (χ3n) is 5.72. The number of carbonyl (C=O) groups is 1. The van der Waals surface area contributed by atoms with Crippen LogP contribution >= 0.6 is 0 Å². The van der Waals surface area contributed by atoms with Gasteiger partial charge in [0.25, 0.3) is 10.0 Å². The van der Waals surface area contributed by atoms with Crippen LogP contribution in [0.25, 0.3) is 0 Å². The Bertz CT molecular complexity index is 1290. The van der Waals surface area contributed by atoms with Crippen molar-refractivity contribution < 1.29 is 22.7 Å². The molecule has 1 heterocycles. The number of carbonyl (C=O) groups excluding carboxylic acids is 1. The van der Waals surface area contributed by atoms with Crippen molar-refractivity contribution in [3.05, 3.63) is 83.4 Å². The molecule has 0 aromatic heterocycles. The Morgan fingerprint density at radius 1 is 0.971 bits per heavy atom. The maximum Gasteiger partial charge on any atom is 0.264 e. The molecular formula is C26H28N2O5S. The summed E-state index contributed by atoms with van der Waals surface area (Å²) in [4.78, 5) is 13.2. The van der Waals surface area contributed by atoms with Crippen LogP contribution < -0.4 is 19.1 Å². The van der Waals surface area contributed by atoms with Crippen LogP contribution in [0.2, 0.25) is 0 Å². The first kappa shape index (κ1) is 23.6. The van der Waals surface area contributed by atoms with Gasteiger partial charge in [-0.15, -0.1) is 0 Å². The van der Waals surface area contributed by atoms with Crippen LogP contribution in [0.3, 0.4) is 0 Å². The highest BCUT2D eigenvalue weighted by atomic mass is 32.2. The van der Waals surface area contributed by atoms with Crippen molar-refractivity contribution in [2.24, 2.45) is 0 Å². The van der Waals surface area contributed by atoms with Crippen molar-refractivity contribution in [2.45, 2.75) is 31.7 Å². The number of amides is 1. The number of sulfonamides is 1. The molecule has 1 N–H and O–H groups in total. The minimum atomic E-state index is -3.96. The third-order valence-corrected chi connectivity index (χ3v) is 7.50. The molecule has 0 unspecified atom stereocenters. The Morgan fingerprint density at radius 3 is 2.35 bits per heavy atom. The molecule has 8 heteroatoms. The number of nitrogens with one attached hydrogen (secondary N) is 1. The van der Waals surface area contributed by atoms with E-state index in [4.69, 9.17) is 9.47 Å². The van der Waals surface area contributed by atoms with Gasteiger partial charge in [-0.3, -0.25) is 9.10 Å². The first-order chi connectivity index (χ1) is 16.3. The number of para-hydroxylation sites is 1. The van der Waals surface area contributed by atoms with Gasteiger partial charge in [-0.05, 0) is 62.2 Å². The van der Waals surface area contributed by atoms with E-state index in [1.54, 1.807) is 36.4 Å². The lowest BCUT2D eigenvalue weighted by Crippen LogP contribution is -2.41. The van der Waals surface area contributed by atoms with Gasteiger partial charge < -0.3 is 14.8 Å². The van der Waals surface area contributed by atoms with E-state index in [1.165, 1.54) is 4.31 Å². The van der Waals surface area contributed by atoms with Gasteiger partial charge in [-0.1, -0.05) is 42.0 Å². The first-order valence-corrected chi connectivity index (χ1v) is 12.5.